The standard InChI is InChI=1S/C20H38O2Si2/c1-19(2,3)23(7,8)21-15-14-17-12-11-13-18(16-17)22-24(9,10)20(4,5)6/h11-13,16H,14-15H2,1-10H3. The molecule has 0 heterocycles. The highest BCUT2D eigenvalue weighted by Gasteiger charge is 2.39. The maximum atomic E-state index is 6.42. The Balaban J connectivity index is 2.70. The normalized spacial score (nSPS) is 13.9. The fourth-order valence-corrected chi connectivity index (χ4v) is 3.92. The SMILES string of the molecule is CC(C)(C)[Si](C)(C)OCCc1cccc(O[Si](C)(C)C(C)(C)C)c1. The molecule has 0 N–H and O–H groups in total. The van der Waals surface area contributed by atoms with Crippen LogP contribution in [0.15, 0.2) is 24.3 Å². The van der Waals surface area contributed by atoms with E-state index < -0.39 is 16.6 Å². The third-order valence-electron chi connectivity index (χ3n) is 5.74. The van der Waals surface area contributed by atoms with Crippen molar-refractivity contribution in [3.05, 3.63) is 29.8 Å². The summed E-state index contributed by atoms with van der Waals surface area (Å²) in [4.78, 5) is 0. The average molecular weight is 367 g/mol. The molecular formula is C20H38O2Si2. The Labute approximate surface area is 152 Å². The minimum absolute atomic E-state index is 0.217. The van der Waals surface area contributed by atoms with Crippen LogP contribution in [0.25, 0.3) is 0 Å². The van der Waals surface area contributed by atoms with Crippen molar-refractivity contribution in [3.8, 4) is 5.75 Å². The molecule has 0 spiro atoms. The summed E-state index contributed by atoms with van der Waals surface area (Å²) in [5, 5.41) is 0.481. The van der Waals surface area contributed by atoms with Crippen LogP contribution in [0.5, 0.6) is 5.75 Å². The van der Waals surface area contributed by atoms with Crippen molar-refractivity contribution < 1.29 is 8.85 Å². The Morgan fingerprint density at radius 2 is 1.38 bits per heavy atom. The molecule has 0 aliphatic rings. The predicted octanol–water partition coefficient (Wildman–Crippen LogP) is 6.63. The van der Waals surface area contributed by atoms with E-state index in [0.29, 0.717) is 0 Å². The molecule has 0 atom stereocenters. The highest BCUT2D eigenvalue weighted by atomic mass is 28.4. The first-order valence-corrected chi connectivity index (χ1v) is 14.9. The lowest BCUT2D eigenvalue weighted by Crippen LogP contribution is -2.43. The molecule has 4 heteroatoms. The molecule has 1 rings (SSSR count). The van der Waals surface area contributed by atoms with Gasteiger partial charge in [-0.2, -0.15) is 0 Å². The van der Waals surface area contributed by atoms with Crippen LogP contribution in [0.1, 0.15) is 47.1 Å². The Hall–Kier alpha value is -0.586. The highest BCUT2D eigenvalue weighted by molar-refractivity contribution is 6.75. The topological polar surface area (TPSA) is 18.5 Å². The zero-order chi connectivity index (χ0) is 18.8. The van der Waals surface area contributed by atoms with E-state index in [9.17, 15) is 0 Å². The molecule has 1 aromatic carbocycles. The van der Waals surface area contributed by atoms with E-state index >= 15 is 0 Å². The van der Waals surface area contributed by atoms with Gasteiger partial charge in [0.1, 0.15) is 5.75 Å². The average Bonchev–Trinajstić information content (AvgIpc) is 2.35. The molecule has 0 unspecified atom stereocenters. The fraction of sp³-hybridized carbons (Fsp3) is 0.700. The summed E-state index contributed by atoms with van der Waals surface area (Å²) in [6.45, 7) is 23.7. The van der Waals surface area contributed by atoms with Gasteiger partial charge in [0.15, 0.2) is 8.32 Å². The monoisotopic (exact) mass is 366 g/mol. The predicted molar refractivity (Wildman–Crippen MR) is 111 cm³/mol. The van der Waals surface area contributed by atoms with Crippen LogP contribution in [0.4, 0.5) is 0 Å². The van der Waals surface area contributed by atoms with Crippen molar-refractivity contribution in [2.45, 2.75) is 84.2 Å². The van der Waals surface area contributed by atoms with Gasteiger partial charge in [-0.3, -0.25) is 0 Å². The van der Waals surface area contributed by atoms with Gasteiger partial charge in [-0.15, -0.1) is 0 Å². The number of hydrogen-bond donors (Lipinski definition) is 0. The van der Waals surface area contributed by atoms with Crippen LogP contribution in [0, 0.1) is 0 Å². The summed E-state index contributed by atoms with van der Waals surface area (Å²) < 4.78 is 12.7. The summed E-state index contributed by atoms with van der Waals surface area (Å²) in [5.74, 6) is 1.01. The minimum Gasteiger partial charge on any atom is -0.543 e. The lowest BCUT2D eigenvalue weighted by Gasteiger charge is -2.36. The number of hydrogen-bond acceptors (Lipinski definition) is 2. The molecule has 24 heavy (non-hydrogen) atoms. The molecule has 138 valence electrons. The molecule has 2 nitrogen and oxygen atoms in total. The molecule has 0 saturated heterocycles. The Morgan fingerprint density at radius 1 is 0.833 bits per heavy atom. The molecule has 0 radical (unpaired) electrons. The van der Waals surface area contributed by atoms with E-state index in [1.807, 2.05) is 0 Å². The van der Waals surface area contributed by atoms with E-state index in [2.05, 4.69) is 92.0 Å². The van der Waals surface area contributed by atoms with Gasteiger partial charge in [0.05, 0.1) is 0 Å². The van der Waals surface area contributed by atoms with Gasteiger partial charge in [-0.05, 0) is 60.4 Å². The van der Waals surface area contributed by atoms with Gasteiger partial charge >= 0.3 is 0 Å². The molecular weight excluding hydrogens is 328 g/mol. The highest BCUT2D eigenvalue weighted by Crippen LogP contribution is 2.38. The summed E-state index contributed by atoms with van der Waals surface area (Å²) in [5.41, 5.74) is 1.30. The van der Waals surface area contributed by atoms with Crippen molar-refractivity contribution in [1.29, 1.82) is 0 Å². The zero-order valence-electron chi connectivity index (χ0n) is 17.5. The molecule has 0 fully saturated rings. The molecule has 0 aliphatic heterocycles. The van der Waals surface area contributed by atoms with Crippen LogP contribution >= 0.6 is 0 Å². The summed E-state index contributed by atoms with van der Waals surface area (Å²) in [6, 6.07) is 8.55. The lowest BCUT2D eigenvalue weighted by molar-refractivity contribution is 0.292. The van der Waals surface area contributed by atoms with Crippen LogP contribution in [-0.2, 0) is 10.8 Å². The second-order valence-electron chi connectivity index (χ2n) is 9.87. The molecule has 0 bridgehead atoms. The van der Waals surface area contributed by atoms with E-state index in [-0.39, 0.29) is 10.1 Å². The van der Waals surface area contributed by atoms with Crippen molar-refractivity contribution in [1.82, 2.24) is 0 Å². The fourth-order valence-electron chi connectivity index (χ4n) is 1.85. The van der Waals surface area contributed by atoms with Gasteiger partial charge in [0, 0.05) is 6.61 Å². The van der Waals surface area contributed by atoms with Crippen molar-refractivity contribution >= 4 is 16.6 Å². The van der Waals surface area contributed by atoms with Crippen LogP contribution < -0.4 is 4.43 Å². The Morgan fingerprint density at radius 3 is 1.88 bits per heavy atom. The van der Waals surface area contributed by atoms with Crippen molar-refractivity contribution in [3.63, 3.8) is 0 Å². The smallest absolute Gasteiger partial charge is 0.250 e. The summed E-state index contributed by atoms with van der Waals surface area (Å²) in [7, 11) is -3.44. The second-order valence-corrected chi connectivity index (χ2v) is 19.4. The zero-order valence-corrected chi connectivity index (χ0v) is 19.5. The van der Waals surface area contributed by atoms with E-state index in [4.69, 9.17) is 8.85 Å². The van der Waals surface area contributed by atoms with Gasteiger partial charge in [-0.25, -0.2) is 0 Å². The molecule has 1 aromatic rings. The first kappa shape index (κ1) is 21.5. The van der Waals surface area contributed by atoms with E-state index in [0.717, 1.165) is 18.8 Å². The third kappa shape index (κ3) is 5.74. The summed E-state index contributed by atoms with van der Waals surface area (Å²) >= 11 is 0. The molecule has 0 aromatic heterocycles. The van der Waals surface area contributed by atoms with E-state index in [1.165, 1.54) is 5.56 Å². The Bertz CT molecular complexity index is 537. The Kier molecular flexibility index (Phi) is 6.56. The largest absolute Gasteiger partial charge is 0.543 e. The molecule has 0 aliphatic carbocycles. The first-order chi connectivity index (χ1) is 10.7. The van der Waals surface area contributed by atoms with Gasteiger partial charge in [-0.1, -0.05) is 53.7 Å². The van der Waals surface area contributed by atoms with Crippen molar-refractivity contribution in [2.24, 2.45) is 0 Å². The maximum absolute atomic E-state index is 6.42. The minimum atomic E-state index is -1.78. The summed E-state index contributed by atoms with van der Waals surface area (Å²) in [6.07, 6.45) is 0.946. The van der Waals surface area contributed by atoms with E-state index in [1.54, 1.807) is 0 Å². The van der Waals surface area contributed by atoms with Crippen LogP contribution in [0.3, 0.4) is 0 Å². The number of rotatable bonds is 6. The second kappa shape index (κ2) is 7.34. The first-order valence-electron chi connectivity index (χ1n) is 9.08. The maximum Gasteiger partial charge on any atom is 0.250 e. The van der Waals surface area contributed by atoms with Crippen molar-refractivity contribution in [2.75, 3.05) is 6.61 Å². The van der Waals surface area contributed by atoms with Gasteiger partial charge < -0.3 is 8.85 Å². The quantitative estimate of drug-likeness (QED) is 0.526. The van der Waals surface area contributed by atoms with Crippen LogP contribution in [0.2, 0.25) is 36.3 Å². The third-order valence-corrected chi connectivity index (χ3v) is 14.6. The lowest BCUT2D eigenvalue weighted by atomic mass is 10.1. The van der Waals surface area contributed by atoms with Gasteiger partial charge in [0.2, 0.25) is 8.32 Å². The molecule has 0 amide bonds. The van der Waals surface area contributed by atoms with Crippen LogP contribution in [-0.4, -0.2) is 23.2 Å². The van der Waals surface area contributed by atoms with Gasteiger partial charge in [0.25, 0.3) is 0 Å². The number of benzene rings is 1. The molecule has 0 saturated carbocycles.